The van der Waals surface area contributed by atoms with Crippen LogP contribution >= 0.6 is 11.6 Å². The van der Waals surface area contributed by atoms with Gasteiger partial charge < -0.3 is 10.5 Å². The molecule has 0 spiro atoms. The van der Waals surface area contributed by atoms with Crippen molar-refractivity contribution in [2.75, 3.05) is 18.9 Å². The van der Waals surface area contributed by atoms with Gasteiger partial charge >= 0.3 is 0 Å². The Balaban J connectivity index is 2.24. The Morgan fingerprint density at radius 1 is 1.50 bits per heavy atom. The van der Waals surface area contributed by atoms with Crippen LogP contribution in [0.3, 0.4) is 0 Å². The van der Waals surface area contributed by atoms with Crippen LogP contribution in [0.2, 0.25) is 5.15 Å². The number of rotatable bonds is 1. The van der Waals surface area contributed by atoms with Gasteiger partial charge in [-0.15, -0.1) is 0 Å². The van der Waals surface area contributed by atoms with Crippen molar-refractivity contribution in [2.45, 2.75) is 12.3 Å². The summed E-state index contributed by atoms with van der Waals surface area (Å²) < 4.78 is 7.29. The third kappa shape index (κ3) is 1.37. The van der Waals surface area contributed by atoms with Gasteiger partial charge in [-0.05, 0) is 18.6 Å². The van der Waals surface area contributed by atoms with E-state index < -0.39 is 0 Å². The van der Waals surface area contributed by atoms with E-state index in [-0.39, 0.29) is 0 Å². The quantitative estimate of drug-likeness (QED) is 0.826. The third-order valence-electron chi connectivity index (χ3n) is 2.97. The fourth-order valence-corrected chi connectivity index (χ4v) is 2.40. The van der Waals surface area contributed by atoms with Crippen molar-refractivity contribution >= 4 is 22.9 Å². The predicted molar refractivity (Wildman–Crippen MR) is 62.8 cm³/mol. The maximum atomic E-state index is 6.10. The third-order valence-corrected chi connectivity index (χ3v) is 3.25. The molecule has 1 saturated heterocycles. The number of aromatic nitrogens is 2. The van der Waals surface area contributed by atoms with Crippen LogP contribution in [0.4, 0.5) is 5.82 Å². The van der Waals surface area contributed by atoms with Crippen LogP contribution in [0.1, 0.15) is 18.2 Å². The summed E-state index contributed by atoms with van der Waals surface area (Å²) in [6.45, 7) is 1.48. The molecular weight excluding hydrogens is 226 g/mol. The molecule has 84 valence electrons. The lowest BCUT2D eigenvalue weighted by Crippen LogP contribution is -2.06. The summed E-state index contributed by atoms with van der Waals surface area (Å²) in [7, 11) is 0. The van der Waals surface area contributed by atoms with Gasteiger partial charge in [0.05, 0.1) is 12.1 Å². The fourth-order valence-electron chi connectivity index (χ4n) is 2.16. The van der Waals surface area contributed by atoms with Crippen LogP contribution in [0.15, 0.2) is 18.2 Å². The highest BCUT2D eigenvalue weighted by molar-refractivity contribution is 6.32. The van der Waals surface area contributed by atoms with Crippen LogP contribution in [0, 0.1) is 0 Å². The Morgan fingerprint density at radius 2 is 2.38 bits per heavy atom. The van der Waals surface area contributed by atoms with Gasteiger partial charge in [0.1, 0.15) is 11.6 Å². The van der Waals surface area contributed by atoms with Gasteiger partial charge in [0.25, 0.3) is 0 Å². The van der Waals surface area contributed by atoms with E-state index in [1.807, 2.05) is 22.6 Å². The molecule has 1 atom stereocenters. The molecule has 0 saturated carbocycles. The minimum absolute atomic E-state index is 0.296. The zero-order chi connectivity index (χ0) is 11.1. The largest absolute Gasteiger partial charge is 0.385 e. The molecule has 0 amide bonds. The number of nitrogens with two attached hydrogens (primary N) is 1. The van der Waals surface area contributed by atoms with Gasteiger partial charge in [-0.25, -0.2) is 4.98 Å². The van der Waals surface area contributed by atoms with Crippen molar-refractivity contribution in [1.82, 2.24) is 9.38 Å². The van der Waals surface area contributed by atoms with E-state index in [0.29, 0.717) is 23.5 Å². The molecule has 1 fully saturated rings. The smallest absolute Gasteiger partial charge is 0.155 e. The highest BCUT2D eigenvalue weighted by atomic mass is 35.5. The standard InChI is InChI=1S/C11H12ClN3O/c12-10-8-2-1-3-9(13)15(8)11(14-10)7-4-5-16-6-7/h1-3,7H,4-6,13H2. The first kappa shape index (κ1) is 9.93. The van der Waals surface area contributed by atoms with Gasteiger partial charge in [0.15, 0.2) is 5.15 Å². The van der Waals surface area contributed by atoms with Crippen LogP contribution in [0.5, 0.6) is 0 Å². The monoisotopic (exact) mass is 237 g/mol. The van der Waals surface area contributed by atoms with Crippen molar-refractivity contribution < 1.29 is 4.74 Å². The second-order valence-electron chi connectivity index (χ2n) is 3.99. The fraction of sp³-hybridized carbons (Fsp3) is 0.364. The first-order chi connectivity index (χ1) is 7.77. The molecule has 3 heterocycles. The van der Waals surface area contributed by atoms with E-state index in [9.17, 15) is 0 Å². The maximum absolute atomic E-state index is 6.10. The summed E-state index contributed by atoms with van der Waals surface area (Å²) in [6, 6.07) is 5.66. The number of anilines is 1. The number of hydrogen-bond donors (Lipinski definition) is 1. The molecule has 2 aromatic rings. The molecule has 5 heteroatoms. The van der Waals surface area contributed by atoms with Gasteiger partial charge in [-0.3, -0.25) is 4.40 Å². The Hall–Kier alpha value is -1.26. The molecule has 1 aliphatic heterocycles. The molecule has 1 aliphatic rings. The van der Waals surface area contributed by atoms with Crippen LogP contribution < -0.4 is 5.73 Å². The molecule has 2 aromatic heterocycles. The molecule has 4 nitrogen and oxygen atoms in total. The number of imidazole rings is 1. The normalized spacial score (nSPS) is 20.7. The number of nitrogens with zero attached hydrogens (tertiary/aromatic N) is 2. The van der Waals surface area contributed by atoms with E-state index >= 15 is 0 Å². The number of fused-ring (bicyclic) bond motifs is 1. The summed E-state index contributed by atoms with van der Waals surface area (Å²) in [6.07, 6.45) is 0.976. The maximum Gasteiger partial charge on any atom is 0.155 e. The molecule has 1 unspecified atom stereocenters. The van der Waals surface area contributed by atoms with Crippen LogP contribution in [-0.4, -0.2) is 22.6 Å². The molecule has 0 aromatic carbocycles. The number of halogens is 1. The average Bonchev–Trinajstić information content (AvgIpc) is 2.87. The molecule has 2 N–H and O–H groups in total. The van der Waals surface area contributed by atoms with E-state index in [1.165, 1.54) is 0 Å². The van der Waals surface area contributed by atoms with Gasteiger partial charge in [-0.1, -0.05) is 17.7 Å². The summed E-state index contributed by atoms with van der Waals surface area (Å²) in [5.41, 5.74) is 6.83. The van der Waals surface area contributed by atoms with E-state index in [4.69, 9.17) is 22.1 Å². The highest BCUT2D eigenvalue weighted by Gasteiger charge is 2.24. The van der Waals surface area contributed by atoms with E-state index in [1.54, 1.807) is 0 Å². The Labute approximate surface area is 98.0 Å². The van der Waals surface area contributed by atoms with Crippen molar-refractivity contribution in [3.05, 3.63) is 29.2 Å². The van der Waals surface area contributed by atoms with Crippen molar-refractivity contribution in [3.63, 3.8) is 0 Å². The summed E-state index contributed by atoms with van der Waals surface area (Å²) in [4.78, 5) is 4.40. The minimum Gasteiger partial charge on any atom is -0.385 e. The Morgan fingerprint density at radius 3 is 3.12 bits per heavy atom. The lowest BCUT2D eigenvalue weighted by atomic mass is 10.1. The molecule has 0 bridgehead atoms. The average molecular weight is 238 g/mol. The van der Waals surface area contributed by atoms with E-state index in [0.717, 1.165) is 24.4 Å². The molecule has 16 heavy (non-hydrogen) atoms. The topological polar surface area (TPSA) is 52.5 Å². The van der Waals surface area contributed by atoms with Gasteiger partial charge in [0, 0.05) is 12.5 Å². The Kier molecular flexibility index (Phi) is 2.26. The zero-order valence-electron chi connectivity index (χ0n) is 8.69. The second kappa shape index (κ2) is 3.64. The van der Waals surface area contributed by atoms with Gasteiger partial charge in [0.2, 0.25) is 0 Å². The van der Waals surface area contributed by atoms with E-state index in [2.05, 4.69) is 4.98 Å². The summed E-state index contributed by atoms with van der Waals surface area (Å²) in [5.74, 6) is 1.87. The number of hydrogen-bond acceptors (Lipinski definition) is 3. The highest BCUT2D eigenvalue weighted by Crippen LogP contribution is 2.30. The van der Waals surface area contributed by atoms with Crippen molar-refractivity contribution in [1.29, 1.82) is 0 Å². The number of ether oxygens (including phenoxy) is 1. The Bertz CT molecular complexity index is 531. The lowest BCUT2D eigenvalue weighted by Gasteiger charge is -2.08. The lowest BCUT2D eigenvalue weighted by molar-refractivity contribution is 0.193. The summed E-state index contributed by atoms with van der Waals surface area (Å²) >= 11 is 6.10. The number of pyridine rings is 1. The second-order valence-corrected chi connectivity index (χ2v) is 4.35. The van der Waals surface area contributed by atoms with Crippen molar-refractivity contribution in [2.24, 2.45) is 0 Å². The van der Waals surface area contributed by atoms with Gasteiger partial charge in [-0.2, -0.15) is 0 Å². The zero-order valence-corrected chi connectivity index (χ0v) is 9.44. The van der Waals surface area contributed by atoms with Crippen LogP contribution in [-0.2, 0) is 4.74 Å². The molecule has 0 radical (unpaired) electrons. The SMILES string of the molecule is Nc1cccc2c(Cl)nc(C3CCOC3)n12. The molecular formula is C11H12ClN3O. The first-order valence-electron chi connectivity index (χ1n) is 5.27. The molecule has 0 aliphatic carbocycles. The first-order valence-corrected chi connectivity index (χ1v) is 5.65. The predicted octanol–water partition coefficient (Wildman–Crippen LogP) is 2.07. The molecule has 3 rings (SSSR count). The van der Waals surface area contributed by atoms with Crippen molar-refractivity contribution in [3.8, 4) is 0 Å². The summed E-state index contributed by atoms with van der Waals surface area (Å²) in [5, 5.41) is 0.509. The minimum atomic E-state index is 0.296. The van der Waals surface area contributed by atoms with Crippen LogP contribution in [0.25, 0.3) is 5.52 Å². The number of nitrogen functional groups attached to an aromatic ring is 1.